The van der Waals surface area contributed by atoms with Crippen molar-refractivity contribution < 1.29 is 22.8 Å². The number of hydrogen-bond donors (Lipinski definition) is 1. The molecule has 2 aromatic carbocycles. The maximum Gasteiger partial charge on any atom is 0.269 e. The molecule has 0 aromatic heterocycles. The summed E-state index contributed by atoms with van der Waals surface area (Å²) in [5.41, 5.74) is 1.20. The van der Waals surface area contributed by atoms with Crippen molar-refractivity contribution in [3.05, 3.63) is 65.7 Å². The Kier molecular flexibility index (Phi) is 7.86. The summed E-state index contributed by atoms with van der Waals surface area (Å²) in [4.78, 5) is 39.6. The molecule has 176 valence electrons. The second-order valence-corrected chi connectivity index (χ2v) is 9.67. The summed E-state index contributed by atoms with van der Waals surface area (Å²) in [7, 11) is -2.37. The summed E-state index contributed by atoms with van der Waals surface area (Å²) in [6.45, 7) is 2.11. The number of sulfonamides is 1. The Morgan fingerprint density at radius 1 is 1.06 bits per heavy atom. The van der Waals surface area contributed by atoms with Gasteiger partial charge in [-0.2, -0.15) is 0 Å². The Morgan fingerprint density at radius 2 is 1.73 bits per heavy atom. The lowest BCUT2D eigenvalue weighted by molar-refractivity contribution is -0.140. The van der Waals surface area contributed by atoms with E-state index in [-0.39, 0.29) is 41.7 Å². The third-order valence-corrected chi connectivity index (χ3v) is 7.62. The first-order valence-electron chi connectivity index (χ1n) is 11.0. The van der Waals surface area contributed by atoms with Crippen LogP contribution >= 0.6 is 0 Å². The van der Waals surface area contributed by atoms with Crippen LogP contribution in [0.4, 0.5) is 0 Å². The van der Waals surface area contributed by atoms with Crippen molar-refractivity contribution in [3.8, 4) is 0 Å². The fourth-order valence-electron chi connectivity index (χ4n) is 4.03. The van der Waals surface area contributed by atoms with Crippen molar-refractivity contribution in [2.75, 3.05) is 20.1 Å². The molecule has 1 aliphatic heterocycles. The lowest BCUT2D eigenvalue weighted by Crippen LogP contribution is -2.49. The van der Waals surface area contributed by atoms with Crippen LogP contribution in [0.1, 0.15) is 42.1 Å². The molecule has 0 saturated carbocycles. The predicted molar refractivity (Wildman–Crippen MR) is 124 cm³/mol. The smallest absolute Gasteiger partial charge is 0.269 e. The van der Waals surface area contributed by atoms with E-state index < -0.39 is 22.0 Å². The van der Waals surface area contributed by atoms with Gasteiger partial charge in [-0.05, 0) is 37.0 Å². The number of hydrogen-bond acceptors (Lipinski definition) is 5. The fraction of sp³-hybridized carbons (Fsp3) is 0.375. The van der Waals surface area contributed by atoms with Gasteiger partial charge >= 0.3 is 0 Å². The van der Waals surface area contributed by atoms with Crippen molar-refractivity contribution in [2.45, 2.75) is 43.5 Å². The molecule has 1 N–H and O–H groups in total. The van der Waals surface area contributed by atoms with Crippen molar-refractivity contribution in [2.24, 2.45) is 0 Å². The minimum atomic E-state index is -3.90. The fourth-order valence-corrected chi connectivity index (χ4v) is 5.64. The van der Waals surface area contributed by atoms with Crippen molar-refractivity contribution in [1.29, 1.82) is 0 Å². The summed E-state index contributed by atoms with van der Waals surface area (Å²) in [5.74, 6) is -1.06. The Balaban J connectivity index is 1.68. The number of carbonyl (C=O) groups is 3. The van der Waals surface area contributed by atoms with Crippen LogP contribution in [0, 0.1) is 0 Å². The monoisotopic (exact) mass is 471 g/mol. The number of benzene rings is 2. The largest absolute Gasteiger partial charge is 0.357 e. The van der Waals surface area contributed by atoms with Crippen LogP contribution in [0.25, 0.3) is 0 Å². The first-order valence-corrected chi connectivity index (χ1v) is 12.5. The number of amides is 3. The molecule has 0 saturated heterocycles. The highest BCUT2D eigenvalue weighted by molar-refractivity contribution is 7.90. The molecule has 0 fully saturated rings. The molecule has 3 amide bonds. The van der Waals surface area contributed by atoms with E-state index in [2.05, 4.69) is 5.32 Å². The molecule has 33 heavy (non-hydrogen) atoms. The number of likely N-dealkylation sites (N-methyl/N-ethyl adjacent to an activating group) is 1. The maximum atomic E-state index is 13.1. The normalized spacial score (nSPS) is 15.1. The molecular formula is C24H29N3O5S. The van der Waals surface area contributed by atoms with Gasteiger partial charge in [0.2, 0.25) is 11.8 Å². The third kappa shape index (κ3) is 5.24. The molecule has 2 aromatic rings. The van der Waals surface area contributed by atoms with Crippen molar-refractivity contribution in [1.82, 2.24) is 14.5 Å². The molecule has 1 aliphatic rings. The van der Waals surface area contributed by atoms with Crippen LogP contribution in [-0.2, 0) is 26.0 Å². The highest BCUT2D eigenvalue weighted by atomic mass is 32.2. The zero-order valence-corrected chi connectivity index (χ0v) is 19.7. The number of carbonyl (C=O) groups excluding carboxylic acids is 3. The molecule has 9 heteroatoms. The van der Waals surface area contributed by atoms with Gasteiger partial charge < -0.3 is 10.2 Å². The van der Waals surface area contributed by atoms with E-state index in [1.54, 1.807) is 17.0 Å². The van der Waals surface area contributed by atoms with E-state index in [1.807, 2.05) is 37.3 Å². The highest BCUT2D eigenvalue weighted by Gasteiger charge is 2.40. The van der Waals surface area contributed by atoms with E-state index in [9.17, 15) is 22.8 Å². The van der Waals surface area contributed by atoms with Crippen molar-refractivity contribution in [3.63, 3.8) is 0 Å². The van der Waals surface area contributed by atoms with Gasteiger partial charge in [-0.3, -0.25) is 14.4 Å². The van der Waals surface area contributed by atoms with Crippen LogP contribution in [0.15, 0.2) is 59.5 Å². The van der Waals surface area contributed by atoms with E-state index in [1.165, 1.54) is 19.2 Å². The van der Waals surface area contributed by atoms with E-state index >= 15 is 0 Å². The third-order valence-electron chi connectivity index (χ3n) is 5.78. The van der Waals surface area contributed by atoms with Crippen LogP contribution < -0.4 is 5.32 Å². The molecular weight excluding hydrogens is 442 g/mol. The second-order valence-electron chi connectivity index (χ2n) is 7.84. The molecule has 0 radical (unpaired) electrons. The van der Waals surface area contributed by atoms with Gasteiger partial charge in [-0.25, -0.2) is 12.7 Å². The van der Waals surface area contributed by atoms with Gasteiger partial charge in [0.05, 0.1) is 5.56 Å². The van der Waals surface area contributed by atoms with Gasteiger partial charge in [0, 0.05) is 26.6 Å². The van der Waals surface area contributed by atoms with Gasteiger partial charge in [-0.1, -0.05) is 49.4 Å². The van der Waals surface area contributed by atoms with Crippen LogP contribution in [-0.4, -0.2) is 61.5 Å². The van der Waals surface area contributed by atoms with Gasteiger partial charge in [-0.15, -0.1) is 0 Å². The number of fused-ring (bicyclic) bond motifs is 1. The number of nitrogens with zero attached hydrogens (tertiary/aromatic N) is 2. The predicted octanol–water partition coefficient (Wildman–Crippen LogP) is 2.21. The van der Waals surface area contributed by atoms with Gasteiger partial charge in [0.15, 0.2) is 0 Å². The summed E-state index contributed by atoms with van der Waals surface area (Å²) in [6, 6.07) is 15.2. The highest BCUT2D eigenvalue weighted by Crippen LogP contribution is 2.30. The minimum Gasteiger partial charge on any atom is -0.357 e. The number of nitrogens with one attached hydrogen (secondary N) is 1. The lowest BCUT2D eigenvalue weighted by Gasteiger charge is -2.30. The Labute approximate surface area is 194 Å². The SMILES string of the molecule is CCC(C(=O)NC)N(CCc1ccccc1)C(=O)CCCN1C(=O)c2ccccc2S1(=O)=O. The summed E-state index contributed by atoms with van der Waals surface area (Å²) in [5, 5.41) is 2.61. The first kappa shape index (κ1) is 24.4. The first-order chi connectivity index (χ1) is 15.8. The molecule has 1 heterocycles. The molecule has 0 aliphatic carbocycles. The molecule has 0 bridgehead atoms. The Morgan fingerprint density at radius 3 is 2.36 bits per heavy atom. The second kappa shape index (κ2) is 10.6. The molecule has 1 atom stereocenters. The topological polar surface area (TPSA) is 104 Å². The zero-order valence-electron chi connectivity index (χ0n) is 18.9. The van der Waals surface area contributed by atoms with E-state index in [4.69, 9.17) is 0 Å². The molecule has 8 nitrogen and oxygen atoms in total. The summed E-state index contributed by atoms with van der Waals surface area (Å²) < 4.78 is 26.2. The summed E-state index contributed by atoms with van der Waals surface area (Å²) in [6.07, 6.45) is 1.24. The lowest BCUT2D eigenvalue weighted by atomic mass is 10.1. The quantitative estimate of drug-likeness (QED) is 0.572. The summed E-state index contributed by atoms with van der Waals surface area (Å²) >= 11 is 0. The molecule has 0 spiro atoms. The minimum absolute atomic E-state index is 0.00326. The van der Waals surface area contributed by atoms with E-state index in [0.717, 1.165) is 9.87 Å². The van der Waals surface area contributed by atoms with Crippen molar-refractivity contribution >= 4 is 27.7 Å². The Bertz CT molecular complexity index is 1120. The Hall–Kier alpha value is -3.20. The standard InChI is InChI=1S/C24H29N3O5S/c1-3-20(23(29)25-2)26(17-15-18-10-5-4-6-11-18)22(28)14-9-16-27-24(30)19-12-7-8-13-21(19)33(27,31)32/h4-8,10-13,20H,3,9,14-17H2,1-2H3,(H,25,29). The van der Waals surface area contributed by atoms with Gasteiger partial charge in [0.25, 0.3) is 15.9 Å². The van der Waals surface area contributed by atoms with Crippen LogP contribution in [0.5, 0.6) is 0 Å². The maximum absolute atomic E-state index is 13.1. The average molecular weight is 472 g/mol. The number of rotatable bonds is 10. The van der Waals surface area contributed by atoms with Crippen LogP contribution in [0.2, 0.25) is 0 Å². The van der Waals surface area contributed by atoms with E-state index in [0.29, 0.717) is 19.4 Å². The van der Waals surface area contributed by atoms with Gasteiger partial charge in [0.1, 0.15) is 10.9 Å². The average Bonchev–Trinajstić information content (AvgIpc) is 3.02. The molecule has 3 rings (SSSR count). The van der Waals surface area contributed by atoms with Crippen LogP contribution in [0.3, 0.4) is 0 Å². The zero-order chi connectivity index (χ0) is 24.0. The molecule has 1 unspecified atom stereocenters.